The van der Waals surface area contributed by atoms with E-state index >= 15 is 0 Å². The van der Waals surface area contributed by atoms with Crippen LogP contribution in [-0.4, -0.2) is 81.7 Å². The van der Waals surface area contributed by atoms with Crippen LogP contribution >= 0.6 is 0 Å². The molecule has 3 unspecified atom stereocenters. The molecule has 1 aromatic carbocycles. The molecule has 0 radical (unpaired) electrons. The molecule has 15 heteroatoms. The van der Waals surface area contributed by atoms with Crippen LogP contribution in [0.1, 0.15) is 76.3 Å². The molecule has 2 aromatic heterocycles. The molecule has 4 heterocycles. The van der Waals surface area contributed by atoms with Gasteiger partial charge in [0.1, 0.15) is 23.7 Å². The second-order valence-corrected chi connectivity index (χ2v) is 16.5. The molecule has 51 heavy (non-hydrogen) atoms. The van der Waals surface area contributed by atoms with E-state index in [1.807, 2.05) is 20.0 Å². The molecule has 5 atom stereocenters. The van der Waals surface area contributed by atoms with E-state index in [2.05, 4.69) is 57.3 Å². The third kappa shape index (κ3) is 6.91. The van der Waals surface area contributed by atoms with Crippen molar-refractivity contribution in [2.24, 2.45) is 11.8 Å². The maximum absolute atomic E-state index is 14.4. The zero-order valence-electron chi connectivity index (χ0n) is 29.2. The van der Waals surface area contributed by atoms with Gasteiger partial charge in [0.25, 0.3) is 5.91 Å². The van der Waals surface area contributed by atoms with Gasteiger partial charge in [0.2, 0.25) is 33.6 Å². The van der Waals surface area contributed by atoms with Gasteiger partial charge in [-0.2, -0.15) is 0 Å². The number of rotatable bonds is 8. The second kappa shape index (κ2) is 13.5. The summed E-state index contributed by atoms with van der Waals surface area (Å²) in [6.45, 7) is 9.68. The van der Waals surface area contributed by atoms with Crippen molar-refractivity contribution in [1.82, 2.24) is 30.1 Å². The smallest absolute Gasteiger partial charge is 0.316 e. The molecule has 14 nitrogen and oxygen atoms in total. The number of aryl methyl sites for hydroxylation is 3. The summed E-state index contributed by atoms with van der Waals surface area (Å²) in [6.07, 6.45) is 7.91. The Bertz CT molecular complexity index is 1980. The highest BCUT2D eigenvalue weighted by molar-refractivity contribution is 7.91. The molecule has 3 amide bonds. The van der Waals surface area contributed by atoms with Gasteiger partial charge in [0, 0.05) is 30.3 Å². The zero-order chi connectivity index (χ0) is 36.1. The minimum absolute atomic E-state index is 0.0649. The molecule has 4 aliphatic rings. The SMILES string of the molecule is C=C[C@@H]1C[C@]1(NC(=O)C1CC2CN1C(=O)C(C(C)C)Nc1nnc(o1)CCCCc1ccc3c(CC)cnc(c3c1)O2)C(=O)NS(=O)(=O)C1CC1. The Morgan fingerprint density at radius 2 is 1.96 bits per heavy atom. The fourth-order valence-corrected chi connectivity index (χ4v) is 8.61. The number of fused-ring (bicyclic) bond motifs is 5. The number of anilines is 1. The van der Waals surface area contributed by atoms with E-state index in [9.17, 15) is 22.8 Å². The van der Waals surface area contributed by atoms with Gasteiger partial charge >= 0.3 is 6.01 Å². The van der Waals surface area contributed by atoms with E-state index in [0.29, 0.717) is 31.0 Å². The van der Waals surface area contributed by atoms with Crippen molar-refractivity contribution in [3.05, 3.63) is 54.1 Å². The number of carbonyl (C=O) groups excluding carboxylic acids is 3. The average molecular weight is 720 g/mol. The fourth-order valence-electron chi connectivity index (χ4n) is 7.25. The molecule has 272 valence electrons. The molecule has 2 aliphatic carbocycles. The largest absolute Gasteiger partial charge is 0.472 e. The summed E-state index contributed by atoms with van der Waals surface area (Å²) in [5.74, 6) is -1.61. The highest BCUT2D eigenvalue weighted by atomic mass is 32.2. The van der Waals surface area contributed by atoms with Crippen LogP contribution in [0.25, 0.3) is 10.8 Å². The lowest BCUT2D eigenvalue weighted by molar-refractivity contribution is -0.140. The molecule has 2 aliphatic heterocycles. The van der Waals surface area contributed by atoms with Crippen LogP contribution in [0.4, 0.5) is 6.01 Å². The van der Waals surface area contributed by atoms with Gasteiger partial charge in [-0.05, 0) is 73.4 Å². The van der Waals surface area contributed by atoms with E-state index in [1.165, 1.54) is 11.0 Å². The van der Waals surface area contributed by atoms with E-state index in [4.69, 9.17) is 14.1 Å². The molecule has 3 fully saturated rings. The molecule has 2 saturated carbocycles. The van der Waals surface area contributed by atoms with Crippen LogP contribution in [-0.2, 0) is 43.7 Å². The Morgan fingerprint density at radius 3 is 2.67 bits per heavy atom. The van der Waals surface area contributed by atoms with Gasteiger partial charge < -0.3 is 24.7 Å². The predicted molar refractivity (Wildman–Crippen MR) is 188 cm³/mol. The summed E-state index contributed by atoms with van der Waals surface area (Å²) < 4.78 is 40.0. The van der Waals surface area contributed by atoms with Gasteiger partial charge in [0.05, 0.1) is 11.8 Å². The maximum Gasteiger partial charge on any atom is 0.316 e. The van der Waals surface area contributed by atoms with Crippen LogP contribution in [0, 0.1) is 11.8 Å². The monoisotopic (exact) mass is 719 g/mol. The van der Waals surface area contributed by atoms with Crippen molar-refractivity contribution in [3.8, 4) is 5.88 Å². The normalized spacial score (nSPS) is 26.6. The summed E-state index contributed by atoms with van der Waals surface area (Å²) in [5, 5.41) is 15.6. The number of nitrogens with one attached hydrogen (secondary N) is 3. The number of nitrogens with zero attached hydrogens (tertiary/aromatic N) is 4. The lowest BCUT2D eigenvalue weighted by Gasteiger charge is -2.30. The van der Waals surface area contributed by atoms with Crippen molar-refractivity contribution in [2.75, 3.05) is 11.9 Å². The highest BCUT2D eigenvalue weighted by Gasteiger charge is 2.62. The Labute approximate surface area is 297 Å². The van der Waals surface area contributed by atoms with Crippen molar-refractivity contribution in [3.63, 3.8) is 0 Å². The second-order valence-electron chi connectivity index (χ2n) is 14.6. The molecular formula is C36H45N7O7S. The summed E-state index contributed by atoms with van der Waals surface area (Å²) in [7, 11) is -3.86. The number of hydrogen-bond donors (Lipinski definition) is 3. The van der Waals surface area contributed by atoms with Crippen molar-refractivity contribution in [1.29, 1.82) is 0 Å². The minimum atomic E-state index is -3.86. The van der Waals surface area contributed by atoms with Crippen molar-refractivity contribution < 1.29 is 32.0 Å². The van der Waals surface area contributed by atoms with Crippen molar-refractivity contribution >= 4 is 44.5 Å². The van der Waals surface area contributed by atoms with Gasteiger partial charge in [-0.15, -0.1) is 11.7 Å². The summed E-state index contributed by atoms with van der Waals surface area (Å²) in [6, 6.07) is 4.56. The maximum atomic E-state index is 14.4. The number of carbonyl (C=O) groups is 3. The van der Waals surface area contributed by atoms with Crippen LogP contribution in [0.5, 0.6) is 5.88 Å². The minimum Gasteiger partial charge on any atom is -0.472 e. The quantitative estimate of drug-likeness (QED) is 0.291. The highest BCUT2D eigenvalue weighted by Crippen LogP contribution is 2.45. The zero-order valence-corrected chi connectivity index (χ0v) is 30.0. The van der Waals surface area contributed by atoms with E-state index < -0.39 is 56.7 Å². The Morgan fingerprint density at radius 1 is 1.18 bits per heavy atom. The number of benzene rings is 1. The van der Waals surface area contributed by atoms with Crippen LogP contribution < -0.4 is 20.1 Å². The number of hydrogen-bond acceptors (Lipinski definition) is 11. The molecule has 3 N–H and O–H groups in total. The molecule has 6 bridgehead atoms. The third-order valence-corrected chi connectivity index (χ3v) is 12.4. The van der Waals surface area contributed by atoms with Gasteiger partial charge in [-0.25, -0.2) is 13.4 Å². The molecule has 1 saturated heterocycles. The number of amides is 3. The first-order chi connectivity index (χ1) is 24.4. The van der Waals surface area contributed by atoms with Crippen molar-refractivity contribution in [2.45, 2.75) is 108 Å². The van der Waals surface area contributed by atoms with E-state index in [-0.39, 0.29) is 37.2 Å². The first-order valence-electron chi connectivity index (χ1n) is 17.9. The van der Waals surface area contributed by atoms with Gasteiger partial charge in [-0.3, -0.25) is 19.1 Å². The fraction of sp³-hybridized carbons (Fsp3) is 0.556. The summed E-state index contributed by atoms with van der Waals surface area (Å²) in [4.78, 5) is 48.4. The molecule has 7 rings (SSSR count). The predicted octanol–water partition coefficient (Wildman–Crippen LogP) is 3.21. The summed E-state index contributed by atoms with van der Waals surface area (Å²) >= 11 is 0. The van der Waals surface area contributed by atoms with Gasteiger partial charge in [0.15, 0.2) is 0 Å². The number of aromatic nitrogens is 3. The van der Waals surface area contributed by atoms with Crippen LogP contribution in [0.2, 0.25) is 0 Å². The Balaban J connectivity index is 1.23. The Hall–Kier alpha value is -4.53. The van der Waals surface area contributed by atoms with Crippen LogP contribution in [0.15, 0.2) is 41.5 Å². The van der Waals surface area contributed by atoms with E-state index in [1.54, 1.807) is 0 Å². The molecule has 3 aromatic rings. The number of pyridine rings is 1. The van der Waals surface area contributed by atoms with Gasteiger partial charge in [-0.1, -0.05) is 44.1 Å². The number of sulfonamides is 1. The Kier molecular flexibility index (Phi) is 9.27. The topological polar surface area (TPSA) is 186 Å². The van der Waals surface area contributed by atoms with Crippen LogP contribution in [0.3, 0.4) is 0 Å². The lowest BCUT2D eigenvalue weighted by Crippen LogP contribution is -2.58. The standard InChI is InChI=1S/C36H45N7O7S/c1-5-22-18-37-32-27-15-21(11-14-26(22)27)9-7-8-10-29-40-41-35(50-29)38-30(20(3)4)33(45)43-19-24(49-32)16-28(43)31(44)39-36(17-23(36)6-2)34(46)42-51(47,48)25-12-13-25/h6,11,14-15,18,20,23-25,28,30H,2,5,7-10,12-13,16-17,19H2,1,3-4H3,(H,38,41)(H,39,44)(H,42,46)/t23-,24?,28?,30?,36-/m1/s1. The first-order valence-corrected chi connectivity index (χ1v) is 19.4. The lowest BCUT2D eigenvalue weighted by atomic mass is 10.00. The van der Waals surface area contributed by atoms with E-state index in [0.717, 1.165) is 47.6 Å². The number of ether oxygens (including phenoxy) is 1. The first kappa shape index (κ1) is 34.9. The molecular weight excluding hydrogens is 675 g/mol. The average Bonchev–Trinajstić information content (AvgIpc) is 4.00. The molecule has 0 spiro atoms. The third-order valence-electron chi connectivity index (χ3n) is 10.5. The summed E-state index contributed by atoms with van der Waals surface area (Å²) in [5.41, 5.74) is 0.712.